The molecular weight excluding hydrogens is 340 g/mol. The van der Waals surface area contributed by atoms with Crippen LogP contribution in [-0.2, 0) is 14.3 Å². The number of nitrogens with two attached hydrogens (primary N) is 1. The summed E-state index contributed by atoms with van der Waals surface area (Å²) in [6.07, 6.45) is 2.88. The van der Waals surface area contributed by atoms with Crippen LogP contribution in [-0.4, -0.2) is 51.4 Å². The zero-order chi connectivity index (χ0) is 19.9. The molecule has 0 heterocycles. The molecule has 148 valence electrons. The Morgan fingerprint density at radius 1 is 1.00 bits per heavy atom. The number of hydrogen-bond donors (Lipinski definition) is 2. The maximum Gasteiger partial charge on any atom is 0.407 e. The highest BCUT2D eigenvalue weighted by Crippen LogP contribution is 2.26. The second-order valence-electron chi connectivity index (χ2n) is 7.77. The maximum absolute atomic E-state index is 11.2. The first kappa shape index (κ1) is 21.9. The summed E-state index contributed by atoms with van der Waals surface area (Å²) in [6.45, 7) is 5.66. The van der Waals surface area contributed by atoms with Gasteiger partial charge in [-0.2, -0.15) is 0 Å². The molecule has 2 saturated carbocycles. The van der Waals surface area contributed by atoms with Crippen molar-refractivity contribution in [1.29, 1.82) is 0 Å². The Bertz CT molecular complexity index is 520. The predicted octanol–water partition coefficient (Wildman–Crippen LogP) is 2.87. The van der Waals surface area contributed by atoms with Gasteiger partial charge in [0, 0.05) is 37.3 Å². The van der Waals surface area contributed by atoms with Crippen molar-refractivity contribution in [3.05, 3.63) is 0 Å². The summed E-state index contributed by atoms with van der Waals surface area (Å²) < 4.78 is 4.73. The van der Waals surface area contributed by atoms with Crippen molar-refractivity contribution in [2.75, 3.05) is 0 Å². The molecule has 0 unspecified atom stereocenters. The molecule has 0 bridgehead atoms. The summed E-state index contributed by atoms with van der Waals surface area (Å²) in [5.41, 5.74) is 4.42. The minimum atomic E-state index is -0.887. The van der Waals surface area contributed by atoms with Crippen molar-refractivity contribution in [2.45, 2.75) is 89.8 Å². The normalized spacial score (nSPS) is 19.3. The zero-order valence-electron chi connectivity index (χ0n) is 15.8. The van der Waals surface area contributed by atoms with Crippen LogP contribution >= 0.6 is 0 Å². The molecule has 2 amide bonds. The van der Waals surface area contributed by atoms with E-state index in [-0.39, 0.29) is 23.7 Å². The average Bonchev–Trinajstić information content (AvgIpc) is 2.50. The third-order valence-electron chi connectivity index (χ3n) is 4.58. The van der Waals surface area contributed by atoms with Gasteiger partial charge in [0.2, 0.25) is 0 Å². The molecule has 0 saturated heterocycles. The summed E-state index contributed by atoms with van der Waals surface area (Å²) >= 11 is 0. The Kier molecular flexibility index (Phi) is 8.05. The number of ketones is 2. The summed E-state index contributed by atoms with van der Waals surface area (Å²) in [5, 5.41) is 9.17. The van der Waals surface area contributed by atoms with Crippen LogP contribution in [0.2, 0.25) is 0 Å². The molecule has 8 nitrogen and oxygen atoms in total. The van der Waals surface area contributed by atoms with Gasteiger partial charge in [-0.25, -0.2) is 9.59 Å². The lowest BCUT2D eigenvalue weighted by atomic mass is 9.90. The number of hydrogen-bond acceptors (Lipinski definition) is 5. The van der Waals surface area contributed by atoms with Gasteiger partial charge in [-0.05, 0) is 46.5 Å². The number of nitrogens with zero attached hydrogens (tertiary/aromatic N) is 1. The van der Waals surface area contributed by atoms with Crippen molar-refractivity contribution in [3.63, 3.8) is 0 Å². The lowest BCUT2D eigenvalue weighted by Crippen LogP contribution is -2.52. The standard InChI is InChI=1S/C11H19NO3.C7H11NO3/c1-11(2,3)12(10(14)15)8-4-6-9(13)7-5-8;8-7(10)11-6-3-1-5(9)2-4-6/h8H,4-7H2,1-3H3,(H,14,15);6H,1-4H2,(H2,8,10). The summed E-state index contributed by atoms with van der Waals surface area (Å²) in [7, 11) is 0. The zero-order valence-corrected chi connectivity index (χ0v) is 15.8. The number of ether oxygens (including phenoxy) is 1. The molecule has 3 N–H and O–H groups in total. The van der Waals surface area contributed by atoms with E-state index in [1.165, 1.54) is 4.90 Å². The Hall–Kier alpha value is -2.12. The van der Waals surface area contributed by atoms with E-state index in [2.05, 4.69) is 0 Å². The van der Waals surface area contributed by atoms with Gasteiger partial charge >= 0.3 is 12.2 Å². The molecular formula is C18H30N2O6. The fourth-order valence-corrected chi connectivity index (χ4v) is 3.37. The number of carbonyl (C=O) groups is 4. The fraction of sp³-hybridized carbons (Fsp3) is 0.778. The monoisotopic (exact) mass is 370 g/mol. The van der Waals surface area contributed by atoms with Crippen LogP contribution in [0.1, 0.15) is 72.1 Å². The number of amides is 2. The largest absolute Gasteiger partial charge is 0.465 e. The highest BCUT2D eigenvalue weighted by atomic mass is 16.6. The van der Waals surface area contributed by atoms with Gasteiger partial charge in [0.05, 0.1) is 0 Å². The molecule has 2 rings (SSSR count). The van der Waals surface area contributed by atoms with Crippen LogP contribution in [0.4, 0.5) is 9.59 Å². The van der Waals surface area contributed by atoms with Gasteiger partial charge in [0.15, 0.2) is 0 Å². The number of carboxylic acid groups (broad SMARTS) is 1. The number of rotatable bonds is 2. The van der Waals surface area contributed by atoms with Crippen molar-refractivity contribution < 1.29 is 29.0 Å². The first-order valence-electron chi connectivity index (χ1n) is 9.02. The molecule has 0 atom stereocenters. The Labute approximate surface area is 154 Å². The van der Waals surface area contributed by atoms with Crippen molar-refractivity contribution in [1.82, 2.24) is 4.90 Å². The topological polar surface area (TPSA) is 127 Å². The number of Topliss-reactive ketones (excluding diaryl/α,β-unsaturated/α-hetero) is 2. The smallest absolute Gasteiger partial charge is 0.407 e. The molecule has 0 radical (unpaired) electrons. The lowest BCUT2D eigenvalue weighted by Gasteiger charge is -2.41. The van der Waals surface area contributed by atoms with E-state index >= 15 is 0 Å². The van der Waals surface area contributed by atoms with E-state index in [0.29, 0.717) is 51.4 Å². The first-order valence-corrected chi connectivity index (χ1v) is 9.02. The van der Waals surface area contributed by atoms with Crippen molar-refractivity contribution >= 4 is 23.8 Å². The molecule has 26 heavy (non-hydrogen) atoms. The molecule has 8 heteroatoms. The number of carbonyl (C=O) groups excluding carboxylic acids is 3. The van der Waals surface area contributed by atoms with Gasteiger partial charge in [0.25, 0.3) is 0 Å². The summed E-state index contributed by atoms with van der Waals surface area (Å²) in [5.74, 6) is 0.500. The van der Waals surface area contributed by atoms with Gasteiger partial charge < -0.3 is 20.5 Å². The van der Waals surface area contributed by atoms with Crippen LogP contribution in [0.25, 0.3) is 0 Å². The second kappa shape index (κ2) is 9.54. The third kappa shape index (κ3) is 7.41. The molecule has 0 aliphatic heterocycles. The van der Waals surface area contributed by atoms with E-state index in [9.17, 15) is 19.2 Å². The van der Waals surface area contributed by atoms with Crippen LogP contribution in [0, 0.1) is 0 Å². The van der Waals surface area contributed by atoms with E-state index in [1.807, 2.05) is 20.8 Å². The van der Waals surface area contributed by atoms with E-state index in [1.54, 1.807) is 0 Å². The SMILES string of the molecule is CC(C)(C)N(C(=O)O)C1CCC(=O)CC1.NC(=O)OC1CCC(=O)CC1. The predicted molar refractivity (Wildman–Crippen MR) is 94.8 cm³/mol. The third-order valence-corrected chi connectivity index (χ3v) is 4.58. The molecule has 2 aliphatic carbocycles. The summed E-state index contributed by atoms with van der Waals surface area (Å²) in [4.78, 5) is 44.7. The molecule has 2 fully saturated rings. The summed E-state index contributed by atoms with van der Waals surface area (Å²) in [6, 6.07) is 0.000185. The van der Waals surface area contributed by atoms with Crippen LogP contribution < -0.4 is 5.73 Å². The van der Waals surface area contributed by atoms with E-state index in [0.717, 1.165) is 0 Å². The van der Waals surface area contributed by atoms with Crippen molar-refractivity contribution in [3.8, 4) is 0 Å². The second-order valence-corrected chi connectivity index (χ2v) is 7.77. The van der Waals surface area contributed by atoms with Crippen LogP contribution in [0.15, 0.2) is 0 Å². The Balaban J connectivity index is 0.000000273. The maximum atomic E-state index is 11.2. The lowest BCUT2D eigenvalue weighted by molar-refractivity contribution is -0.122. The average molecular weight is 370 g/mol. The van der Waals surface area contributed by atoms with Gasteiger partial charge in [-0.3, -0.25) is 9.59 Å². The molecule has 0 aromatic heterocycles. The highest BCUT2D eigenvalue weighted by Gasteiger charge is 2.35. The van der Waals surface area contributed by atoms with Crippen LogP contribution in [0.5, 0.6) is 0 Å². The minimum absolute atomic E-state index is 0.000185. The molecule has 0 aromatic carbocycles. The van der Waals surface area contributed by atoms with Gasteiger partial charge in [0.1, 0.15) is 17.7 Å². The van der Waals surface area contributed by atoms with E-state index < -0.39 is 17.7 Å². The fourth-order valence-electron chi connectivity index (χ4n) is 3.37. The Morgan fingerprint density at radius 2 is 1.42 bits per heavy atom. The van der Waals surface area contributed by atoms with Crippen LogP contribution in [0.3, 0.4) is 0 Å². The number of primary amides is 1. The molecule has 0 aromatic rings. The van der Waals surface area contributed by atoms with Gasteiger partial charge in [-0.15, -0.1) is 0 Å². The first-order chi connectivity index (χ1) is 12.0. The van der Waals surface area contributed by atoms with Crippen molar-refractivity contribution in [2.24, 2.45) is 5.73 Å². The quantitative estimate of drug-likeness (QED) is 0.769. The Morgan fingerprint density at radius 3 is 1.77 bits per heavy atom. The van der Waals surface area contributed by atoms with E-state index in [4.69, 9.17) is 15.6 Å². The molecule has 2 aliphatic rings. The highest BCUT2D eigenvalue weighted by molar-refractivity contribution is 5.80. The minimum Gasteiger partial charge on any atom is -0.465 e. The molecule has 0 spiro atoms. The van der Waals surface area contributed by atoms with Gasteiger partial charge in [-0.1, -0.05) is 0 Å².